The van der Waals surface area contributed by atoms with Crippen molar-refractivity contribution in [3.8, 4) is 22.5 Å². The van der Waals surface area contributed by atoms with Gasteiger partial charge in [0.05, 0.1) is 41.5 Å². The maximum Gasteiger partial charge on any atom is 0.0745 e. The molecule has 0 bridgehead atoms. The van der Waals surface area contributed by atoms with Gasteiger partial charge in [0.25, 0.3) is 0 Å². The van der Waals surface area contributed by atoms with Crippen molar-refractivity contribution in [3.63, 3.8) is 0 Å². The second-order valence-electron chi connectivity index (χ2n) is 5.16. The van der Waals surface area contributed by atoms with Gasteiger partial charge in [-0.05, 0) is 36.4 Å². The number of halogens is 6. The number of anilines is 1. The van der Waals surface area contributed by atoms with Gasteiger partial charge in [-0.1, -0.05) is 69.6 Å². The van der Waals surface area contributed by atoms with Gasteiger partial charge in [-0.3, -0.25) is 0 Å². The van der Waals surface area contributed by atoms with Gasteiger partial charge in [-0.15, -0.1) is 0 Å². The SMILES string of the molecule is Nc1cc(-c2cc(Cl)c(Cl)cc2Cl)nc(-c2cc(Cl)c(Cl)cc2Cl)c1. The van der Waals surface area contributed by atoms with Crippen molar-refractivity contribution in [2.45, 2.75) is 0 Å². The lowest BCUT2D eigenvalue weighted by molar-refractivity contribution is 1.32. The molecule has 25 heavy (non-hydrogen) atoms. The summed E-state index contributed by atoms with van der Waals surface area (Å²) in [5, 5.41) is 2.23. The Kier molecular flexibility index (Phi) is 5.60. The first kappa shape index (κ1) is 18.9. The fourth-order valence-corrected chi connectivity index (χ4v) is 3.55. The third-order valence-electron chi connectivity index (χ3n) is 3.42. The van der Waals surface area contributed by atoms with Crippen molar-refractivity contribution in [2.24, 2.45) is 0 Å². The Morgan fingerprint density at radius 1 is 0.520 bits per heavy atom. The zero-order chi connectivity index (χ0) is 18.3. The van der Waals surface area contributed by atoms with E-state index in [1.807, 2.05) is 0 Å². The molecular weight excluding hydrogens is 445 g/mol. The van der Waals surface area contributed by atoms with Gasteiger partial charge in [-0.2, -0.15) is 0 Å². The molecule has 3 rings (SSSR count). The Balaban J connectivity index is 2.21. The predicted molar refractivity (Wildman–Crippen MR) is 110 cm³/mol. The average molecular weight is 453 g/mol. The van der Waals surface area contributed by atoms with Crippen LogP contribution in [0.15, 0.2) is 36.4 Å². The molecule has 0 aliphatic heterocycles. The van der Waals surface area contributed by atoms with Crippen LogP contribution < -0.4 is 5.73 Å². The third-order valence-corrected chi connectivity index (χ3v) is 5.49. The summed E-state index contributed by atoms with van der Waals surface area (Å²) in [5.41, 5.74) is 8.75. The van der Waals surface area contributed by atoms with Crippen molar-refractivity contribution < 1.29 is 0 Å². The summed E-state index contributed by atoms with van der Waals surface area (Å²) in [7, 11) is 0. The molecule has 128 valence electrons. The van der Waals surface area contributed by atoms with Crippen LogP contribution in [0.1, 0.15) is 0 Å². The van der Waals surface area contributed by atoms with E-state index >= 15 is 0 Å². The highest BCUT2D eigenvalue weighted by atomic mass is 35.5. The standard InChI is InChI=1S/C17H8Cl6N2/c18-10-5-14(22)12(20)3-8(10)16-1-7(24)2-17(25-16)9-4-13(21)15(23)6-11(9)19/h1-6H,(H2,24,25). The van der Waals surface area contributed by atoms with Gasteiger partial charge in [0.15, 0.2) is 0 Å². The van der Waals surface area contributed by atoms with E-state index in [0.29, 0.717) is 58.3 Å². The molecule has 0 spiro atoms. The lowest BCUT2D eigenvalue weighted by atomic mass is 10.1. The number of aromatic nitrogens is 1. The minimum atomic E-state index is 0.354. The molecule has 0 aliphatic carbocycles. The topological polar surface area (TPSA) is 38.9 Å². The summed E-state index contributed by atoms with van der Waals surface area (Å²) >= 11 is 36.7. The first-order chi connectivity index (χ1) is 11.8. The van der Waals surface area contributed by atoms with E-state index in [-0.39, 0.29) is 0 Å². The van der Waals surface area contributed by atoms with E-state index in [0.717, 1.165) is 0 Å². The first-order valence-electron chi connectivity index (χ1n) is 6.83. The Labute approximate surface area is 174 Å². The van der Waals surface area contributed by atoms with E-state index < -0.39 is 0 Å². The van der Waals surface area contributed by atoms with Crippen molar-refractivity contribution in [3.05, 3.63) is 66.5 Å². The highest BCUT2D eigenvalue weighted by Crippen LogP contribution is 2.38. The highest BCUT2D eigenvalue weighted by Gasteiger charge is 2.14. The molecule has 0 unspecified atom stereocenters. The number of benzene rings is 2. The Morgan fingerprint density at radius 3 is 1.28 bits per heavy atom. The molecule has 1 aromatic heterocycles. The van der Waals surface area contributed by atoms with E-state index in [1.165, 1.54) is 0 Å². The molecule has 0 radical (unpaired) electrons. The molecule has 3 aromatic rings. The highest BCUT2D eigenvalue weighted by molar-refractivity contribution is 6.44. The molecule has 0 saturated carbocycles. The van der Waals surface area contributed by atoms with Gasteiger partial charge in [-0.25, -0.2) is 4.98 Å². The number of rotatable bonds is 2. The van der Waals surface area contributed by atoms with Gasteiger partial charge in [0, 0.05) is 16.8 Å². The summed E-state index contributed by atoms with van der Waals surface area (Å²) in [4.78, 5) is 4.58. The summed E-state index contributed by atoms with van der Waals surface area (Å²) in [6.45, 7) is 0. The van der Waals surface area contributed by atoms with Crippen LogP contribution in [0.25, 0.3) is 22.5 Å². The summed E-state index contributed by atoms with van der Waals surface area (Å²) < 4.78 is 0. The van der Waals surface area contributed by atoms with Crippen LogP contribution >= 0.6 is 69.6 Å². The van der Waals surface area contributed by atoms with Gasteiger partial charge >= 0.3 is 0 Å². The fourth-order valence-electron chi connectivity index (χ4n) is 2.27. The third kappa shape index (κ3) is 3.95. The lowest BCUT2D eigenvalue weighted by Crippen LogP contribution is -1.95. The minimum Gasteiger partial charge on any atom is -0.399 e. The van der Waals surface area contributed by atoms with Crippen molar-refractivity contribution in [1.82, 2.24) is 4.98 Å². The van der Waals surface area contributed by atoms with Crippen molar-refractivity contribution in [1.29, 1.82) is 0 Å². The van der Waals surface area contributed by atoms with Crippen molar-refractivity contribution in [2.75, 3.05) is 5.73 Å². The number of hydrogen-bond acceptors (Lipinski definition) is 2. The maximum absolute atomic E-state index is 6.28. The van der Waals surface area contributed by atoms with Crippen LogP contribution in [-0.4, -0.2) is 4.98 Å². The molecule has 2 nitrogen and oxygen atoms in total. The Morgan fingerprint density at radius 2 is 0.880 bits per heavy atom. The molecule has 0 atom stereocenters. The number of pyridine rings is 1. The number of hydrogen-bond donors (Lipinski definition) is 1. The van der Waals surface area contributed by atoms with Gasteiger partial charge in [0.2, 0.25) is 0 Å². The average Bonchev–Trinajstić information content (AvgIpc) is 2.53. The maximum atomic E-state index is 6.28. The van der Waals surface area contributed by atoms with E-state index in [1.54, 1.807) is 36.4 Å². The largest absolute Gasteiger partial charge is 0.399 e. The molecule has 0 saturated heterocycles. The van der Waals surface area contributed by atoms with Crippen LogP contribution in [0.4, 0.5) is 5.69 Å². The Bertz CT molecular complexity index is 912. The van der Waals surface area contributed by atoms with Crippen LogP contribution in [0.5, 0.6) is 0 Å². The second kappa shape index (κ2) is 7.40. The zero-order valence-electron chi connectivity index (χ0n) is 12.3. The lowest BCUT2D eigenvalue weighted by Gasteiger charge is -2.11. The van der Waals surface area contributed by atoms with Crippen LogP contribution in [-0.2, 0) is 0 Å². The van der Waals surface area contributed by atoms with Crippen LogP contribution in [0.2, 0.25) is 30.1 Å². The summed E-state index contributed by atoms with van der Waals surface area (Å²) in [5.74, 6) is 0. The quantitative estimate of drug-likeness (QED) is 0.401. The van der Waals surface area contributed by atoms with Gasteiger partial charge in [0.1, 0.15) is 0 Å². The van der Waals surface area contributed by atoms with E-state index in [4.69, 9.17) is 75.3 Å². The monoisotopic (exact) mass is 450 g/mol. The molecule has 0 amide bonds. The molecule has 8 heteroatoms. The molecule has 1 heterocycles. The number of nitrogen functional groups attached to an aromatic ring is 1. The molecular formula is C17H8Cl6N2. The predicted octanol–water partition coefficient (Wildman–Crippen LogP) is 7.92. The smallest absolute Gasteiger partial charge is 0.0745 e. The molecule has 0 aliphatic rings. The van der Waals surface area contributed by atoms with Crippen LogP contribution in [0.3, 0.4) is 0 Å². The zero-order valence-corrected chi connectivity index (χ0v) is 16.8. The Hall–Kier alpha value is -0.870. The summed E-state index contributed by atoms with van der Waals surface area (Å²) in [6, 6.07) is 9.73. The normalized spacial score (nSPS) is 11.0. The fraction of sp³-hybridized carbons (Fsp3) is 0. The molecule has 2 aromatic carbocycles. The van der Waals surface area contributed by atoms with Crippen molar-refractivity contribution >= 4 is 75.3 Å². The summed E-state index contributed by atoms with van der Waals surface area (Å²) in [6.07, 6.45) is 0. The van der Waals surface area contributed by atoms with E-state index in [9.17, 15) is 0 Å². The second-order valence-corrected chi connectivity index (χ2v) is 7.61. The van der Waals surface area contributed by atoms with E-state index in [2.05, 4.69) is 4.98 Å². The minimum absolute atomic E-state index is 0.354. The molecule has 0 fully saturated rings. The first-order valence-corrected chi connectivity index (χ1v) is 9.10. The number of nitrogens with two attached hydrogens (primary N) is 1. The van der Waals surface area contributed by atoms with Crippen LogP contribution in [0, 0.1) is 0 Å². The molecule has 2 N–H and O–H groups in total. The number of nitrogens with zero attached hydrogens (tertiary/aromatic N) is 1. The van der Waals surface area contributed by atoms with Gasteiger partial charge < -0.3 is 5.73 Å².